The SMILES string of the molecule is CC(C)CCOCCn1cnnc1CO. The third-order valence-electron chi connectivity index (χ3n) is 2.15. The second-order valence-electron chi connectivity index (χ2n) is 3.89. The first-order valence-corrected chi connectivity index (χ1v) is 5.29. The van der Waals surface area contributed by atoms with Crippen LogP contribution in [0.2, 0.25) is 0 Å². The van der Waals surface area contributed by atoms with Gasteiger partial charge in [-0.25, -0.2) is 0 Å². The summed E-state index contributed by atoms with van der Waals surface area (Å²) in [4.78, 5) is 0. The highest BCUT2D eigenvalue weighted by Crippen LogP contribution is 1.99. The van der Waals surface area contributed by atoms with Crippen LogP contribution in [0.1, 0.15) is 26.1 Å². The zero-order chi connectivity index (χ0) is 11.1. The van der Waals surface area contributed by atoms with E-state index in [2.05, 4.69) is 24.0 Å². The van der Waals surface area contributed by atoms with Crippen molar-refractivity contribution < 1.29 is 9.84 Å². The van der Waals surface area contributed by atoms with Gasteiger partial charge in [-0.1, -0.05) is 13.8 Å². The van der Waals surface area contributed by atoms with Crippen LogP contribution in [-0.4, -0.2) is 33.1 Å². The Bertz CT molecular complexity index is 273. The quantitative estimate of drug-likeness (QED) is 0.682. The highest BCUT2D eigenvalue weighted by atomic mass is 16.5. The summed E-state index contributed by atoms with van der Waals surface area (Å²) in [5, 5.41) is 16.4. The summed E-state index contributed by atoms with van der Waals surface area (Å²) in [5.74, 6) is 1.26. The van der Waals surface area contributed by atoms with Crippen molar-refractivity contribution in [3.63, 3.8) is 0 Å². The number of aliphatic hydroxyl groups is 1. The maximum absolute atomic E-state index is 8.92. The third-order valence-corrected chi connectivity index (χ3v) is 2.15. The maximum Gasteiger partial charge on any atom is 0.158 e. The summed E-state index contributed by atoms with van der Waals surface area (Å²) in [6, 6.07) is 0. The minimum atomic E-state index is -0.0774. The second-order valence-corrected chi connectivity index (χ2v) is 3.89. The van der Waals surface area contributed by atoms with E-state index in [0.29, 0.717) is 24.9 Å². The molecule has 0 saturated carbocycles. The van der Waals surface area contributed by atoms with Crippen LogP contribution < -0.4 is 0 Å². The van der Waals surface area contributed by atoms with E-state index in [1.54, 1.807) is 10.9 Å². The monoisotopic (exact) mass is 213 g/mol. The Balaban J connectivity index is 2.15. The zero-order valence-electron chi connectivity index (χ0n) is 9.39. The van der Waals surface area contributed by atoms with Crippen molar-refractivity contribution in [3.8, 4) is 0 Å². The van der Waals surface area contributed by atoms with Crippen LogP contribution in [0.25, 0.3) is 0 Å². The minimum absolute atomic E-state index is 0.0774. The predicted octanol–water partition coefficient (Wildman–Crippen LogP) is 0.833. The fraction of sp³-hybridized carbons (Fsp3) is 0.800. The molecule has 1 aromatic rings. The molecule has 86 valence electrons. The van der Waals surface area contributed by atoms with Gasteiger partial charge < -0.3 is 14.4 Å². The summed E-state index contributed by atoms with van der Waals surface area (Å²) in [6.07, 6.45) is 2.69. The Morgan fingerprint density at radius 3 is 2.93 bits per heavy atom. The van der Waals surface area contributed by atoms with Gasteiger partial charge >= 0.3 is 0 Å². The van der Waals surface area contributed by atoms with Crippen LogP contribution in [0.15, 0.2) is 6.33 Å². The molecule has 0 unspecified atom stereocenters. The van der Waals surface area contributed by atoms with Gasteiger partial charge in [0.1, 0.15) is 12.9 Å². The van der Waals surface area contributed by atoms with Crippen molar-refractivity contribution in [2.75, 3.05) is 13.2 Å². The first-order chi connectivity index (χ1) is 7.24. The van der Waals surface area contributed by atoms with Gasteiger partial charge in [0, 0.05) is 13.2 Å². The number of rotatable bonds is 7. The molecule has 1 N–H and O–H groups in total. The van der Waals surface area contributed by atoms with Crippen LogP contribution in [0.4, 0.5) is 0 Å². The number of hydrogen-bond acceptors (Lipinski definition) is 4. The average Bonchev–Trinajstić information content (AvgIpc) is 2.64. The average molecular weight is 213 g/mol. The molecule has 15 heavy (non-hydrogen) atoms. The molecule has 1 rings (SSSR count). The normalized spacial score (nSPS) is 11.2. The number of aliphatic hydroxyl groups excluding tert-OH is 1. The molecule has 0 aliphatic heterocycles. The first-order valence-electron chi connectivity index (χ1n) is 5.29. The van der Waals surface area contributed by atoms with E-state index < -0.39 is 0 Å². The van der Waals surface area contributed by atoms with Crippen LogP contribution in [0.3, 0.4) is 0 Å². The molecule has 1 aromatic heterocycles. The lowest BCUT2D eigenvalue weighted by Gasteiger charge is -2.07. The van der Waals surface area contributed by atoms with Gasteiger partial charge in [0.25, 0.3) is 0 Å². The predicted molar refractivity (Wildman–Crippen MR) is 56.2 cm³/mol. The largest absolute Gasteiger partial charge is 0.388 e. The van der Waals surface area contributed by atoms with Crippen LogP contribution >= 0.6 is 0 Å². The Hall–Kier alpha value is -0.940. The molecule has 5 heteroatoms. The Morgan fingerprint density at radius 2 is 2.27 bits per heavy atom. The highest BCUT2D eigenvalue weighted by molar-refractivity contribution is 4.81. The Kier molecular flexibility index (Phi) is 5.28. The lowest BCUT2D eigenvalue weighted by atomic mass is 10.1. The summed E-state index contributed by atoms with van der Waals surface area (Å²) in [7, 11) is 0. The van der Waals surface area contributed by atoms with E-state index in [1.807, 2.05) is 0 Å². The van der Waals surface area contributed by atoms with Gasteiger partial charge in [-0.2, -0.15) is 0 Å². The van der Waals surface area contributed by atoms with Gasteiger partial charge in [-0.3, -0.25) is 0 Å². The van der Waals surface area contributed by atoms with Crippen molar-refractivity contribution in [1.82, 2.24) is 14.8 Å². The molecular formula is C10H19N3O2. The van der Waals surface area contributed by atoms with Gasteiger partial charge in [0.2, 0.25) is 0 Å². The number of aromatic nitrogens is 3. The number of hydrogen-bond donors (Lipinski definition) is 1. The lowest BCUT2D eigenvalue weighted by molar-refractivity contribution is 0.114. The fourth-order valence-corrected chi connectivity index (χ4v) is 1.17. The van der Waals surface area contributed by atoms with E-state index in [0.717, 1.165) is 13.0 Å². The second kappa shape index (κ2) is 6.53. The van der Waals surface area contributed by atoms with E-state index in [1.165, 1.54) is 0 Å². The standard InChI is InChI=1S/C10H19N3O2/c1-9(2)3-5-15-6-4-13-8-11-12-10(13)7-14/h8-9,14H,3-7H2,1-2H3. The minimum Gasteiger partial charge on any atom is -0.388 e. The topological polar surface area (TPSA) is 60.2 Å². The Morgan fingerprint density at radius 1 is 1.47 bits per heavy atom. The summed E-state index contributed by atoms with van der Waals surface area (Å²) >= 11 is 0. The van der Waals surface area contributed by atoms with E-state index in [9.17, 15) is 0 Å². The van der Waals surface area contributed by atoms with Crippen molar-refractivity contribution in [3.05, 3.63) is 12.2 Å². The molecule has 0 aliphatic carbocycles. The molecule has 0 fully saturated rings. The van der Waals surface area contributed by atoms with E-state index in [4.69, 9.17) is 9.84 Å². The summed E-state index contributed by atoms with van der Waals surface area (Å²) in [6.45, 7) is 6.39. The van der Waals surface area contributed by atoms with Crippen molar-refractivity contribution in [2.45, 2.75) is 33.4 Å². The van der Waals surface area contributed by atoms with Gasteiger partial charge in [0.15, 0.2) is 5.82 Å². The highest BCUT2D eigenvalue weighted by Gasteiger charge is 2.01. The van der Waals surface area contributed by atoms with E-state index in [-0.39, 0.29) is 6.61 Å². The smallest absolute Gasteiger partial charge is 0.158 e. The molecule has 0 saturated heterocycles. The number of ether oxygens (including phenoxy) is 1. The zero-order valence-corrected chi connectivity index (χ0v) is 9.39. The van der Waals surface area contributed by atoms with E-state index >= 15 is 0 Å². The molecule has 1 heterocycles. The number of nitrogens with zero attached hydrogens (tertiary/aromatic N) is 3. The first kappa shape index (κ1) is 12.1. The molecule has 0 aliphatic rings. The Labute approximate surface area is 90.1 Å². The molecule has 0 atom stereocenters. The van der Waals surface area contributed by atoms with Crippen molar-refractivity contribution >= 4 is 0 Å². The molecule has 0 bridgehead atoms. The fourth-order valence-electron chi connectivity index (χ4n) is 1.17. The van der Waals surface area contributed by atoms with Crippen LogP contribution in [0, 0.1) is 5.92 Å². The van der Waals surface area contributed by atoms with Crippen LogP contribution in [-0.2, 0) is 17.9 Å². The van der Waals surface area contributed by atoms with Gasteiger partial charge in [-0.15, -0.1) is 10.2 Å². The molecule has 5 nitrogen and oxygen atoms in total. The molecular weight excluding hydrogens is 194 g/mol. The molecule has 0 amide bonds. The molecule has 0 radical (unpaired) electrons. The summed E-state index contributed by atoms with van der Waals surface area (Å²) in [5.41, 5.74) is 0. The third kappa shape index (κ3) is 4.40. The molecule has 0 aromatic carbocycles. The molecule has 0 spiro atoms. The lowest BCUT2D eigenvalue weighted by Crippen LogP contribution is -2.10. The maximum atomic E-state index is 8.92. The van der Waals surface area contributed by atoms with Crippen molar-refractivity contribution in [2.24, 2.45) is 5.92 Å². The van der Waals surface area contributed by atoms with Gasteiger partial charge in [0.05, 0.1) is 6.61 Å². The summed E-state index contributed by atoms with van der Waals surface area (Å²) < 4.78 is 7.26. The van der Waals surface area contributed by atoms with Gasteiger partial charge in [-0.05, 0) is 12.3 Å². The van der Waals surface area contributed by atoms with Crippen molar-refractivity contribution in [1.29, 1.82) is 0 Å². The van der Waals surface area contributed by atoms with Crippen LogP contribution in [0.5, 0.6) is 0 Å².